The lowest BCUT2D eigenvalue weighted by Gasteiger charge is -2.10. The van der Waals surface area contributed by atoms with Crippen LogP contribution in [0.2, 0.25) is 0 Å². The molecule has 0 radical (unpaired) electrons. The topological polar surface area (TPSA) is 24.8 Å². The van der Waals surface area contributed by atoms with E-state index in [1.54, 1.807) is 0 Å². The lowest BCUT2D eigenvalue weighted by molar-refractivity contribution is 0.352. The second-order valence-corrected chi connectivity index (χ2v) is 5.43. The average molecular weight is 300 g/mol. The summed E-state index contributed by atoms with van der Waals surface area (Å²) in [7, 11) is 2.03. The molecule has 0 aliphatic rings. The second kappa shape index (κ2) is 9.82. The maximum Gasteiger partial charge on any atom is 0.119 e. The number of aliphatic imine (C=N–C) groups is 1. The minimum absolute atomic E-state index is 0.573. The maximum atomic E-state index is 5.78. The Bertz CT molecular complexity index is 530. The SMILES string of the molecule is CC/C(C)=C(\C=C(\C)COc1ccccc1)/N=C/N(C)CC. The molecule has 120 valence electrons. The molecule has 0 fully saturated rings. The van der Waals surface area contributed by atoms with Crippen molar-refractivity contribution in [1.29, 1.82) is 0 Å². The van der Waals surface area contributed by atoms with Gasteiger partial charge in [0.2, 0.25) is 0 Å². The van der Waals surface area contributed by atoms with Crippen molar-refractivity contribution < 1.29 is 4.74 Å². The summed E-state index contributed by atoms with van der Waals surface area (Å²) in [6.07, 6.45) is 4.99. The van der Waals surface area contributed by atoms with Crippen LogP contribution in [-0.2, 0) is 0 Å². The Kier molecular flexibility index (Phi) is 8.05. The molecule has 0 N–H and O–H groups in total. The fourth-order valence-electron chi connectivity index (χ4n) is 1.68. The number of allylic oxidation sites excluding steroid dienone is 2. The molecular weight excluding hydrogens is 272 g/mol. The minimum Gasteiger partial charge on any atom is -0.489 e. The van der Waals surface area contributed by atoms with Crippen LogP contribution in [0, 0.1) is 0 Å². The van der Waals surface area contributed by atoms with Crippen molar-refractivity contribution in [2.45, 2.75) is 34.1 Å². The van der Waals surface area contributed by atoms with Gasteiger partial charge in [-0.1, -0.05) is 25.1 Å². The van der Waals surface area contributed by atoms with E-state index in [-0.39, 0.29) is 0 Å². The summed E-state index contributed by atoms with van der Waals surface area (Å²) in [4.78, 5) is 6.67. The van der Waals surface area contributed by atoms with Crippen molar-refractivity contribution in [2.75, 3.05) is 20.2 Å². The van der Waals surface area contributed by atoms with Crippen molar-refractivity contribution in [3.8, 4) is 5.75 Å². The van der Waals surface area contributed by atoms with Gasteiger partial charge in [-0.2, -0.15) is 0 Å². The summed E-state index contributed by atoms with van der Waals surface area (Å²) in [5, 5.41) is 0. The molecule has 1 aromatic carbocycles. The summed E-state index contributed by atoms with van der Waals surface area (Å²) >= 11 is 0. The van der Waals surface area contributed by atoms with E-state index in [4.69, 9.17) is 4.74 Å². The minimum atomic E-state index is 0.573. The Morgan fingerprint density at radius 2 is 1.86 bits per heavy atom. The van der Waals surface area contributed by atoms with Crippen LogP contribution in [0.3, 0.4) is 0 Å². The molecule has 0 saturated carbocycles. The first-order valence-electron chi connectivity index (χ1n) is 7.86. The van der Waals surface area contributed by atoms with E-state index in [2.05, 4.69) is 43.7 Å². The molecule has 22 heavy (non-hydrogen) atoms. The molecule has 3 nitrogen and oxygen atoms in total. The zero-order valence-electron chi connectivity index (χ0n) is 14.5. The number of ether oxygens (including phenoxy) is 1. The smallest absolute Gasteiger partial charge is 0.119 e. The first-order valence-corrected chi connectivity index (χ1v) is 7.86. The predicted octanol–water partition coefficient (Wildman–Crippen LogP) is 4.68. The van der Waals surface area contributed by atoms with E-state index >= 15 is 0 Å². The van der Waals surface area contributed by atoms with Crippen molar-refractivity contribution in [1.82, 2.24) is 4.90 Å². The first kappa shape index (κ1) is 18.0. The Morgan fingerprint density at radius 3 is 2.45 bits per heavy atom. The zero-order valence-corrected chi connectivity index (χ0v) is 14.5. The Hall–Kier alpha value is -2.03. The number of hydrogen-bond acceptors (Lipinski definition) is 2. The molecule has 1 aromatic rings. The van der Waals surface area contributed by atoms with Crippen LogP contribution in [0.4, 0.5) is 0 Å². The van der Waals surface area contributed by atoms with Gasteiger partial charge in [-0.05, 0) is 56.5 Å². The van der Waals surface area contributed by atoms with E-state index < -0.39 is 0 Å². The second-order valence-electron chi connectivity index (χ2n) is 5.43. The van der Waals surface area contributed by atoms with Gasteiger partial charge in [-0.25, -0.2) is 4.99 Å². The maximum absolute atomic E-state index is 5.78. The molecule has 0 aromatic heterocycles. The molecule has 0 unspecified atom stereocenters. The Labute approximate surface area is 135 Å². The average Bonchev–Trinajstić information content (AvgIpc) is 2.56. The van der Waals surface area contributed by atoms with Gasteiger partial charge in [0.1, 0.15) is 12.4 Å². The van der Waals surface area contributed by atoms with E-state index in [0.29, 0.717) is 6.61 Å². The van der Waals surface area contributed by atoms with Gasteiger partial charge < -0.3 is 9.64 Å². The predicted molar refractivity (Wildman–Crippen MR) is 95.5 cm³/mol. The molecule has 0 aliphatic heterocycles. The molecule has 3 heteroatoms. The third-order valence-corrected chi connectivity index (χ3v) is 3.45. The van der Waals surface area contributed by atoms with Crippen LogP contribution in [0.15, 0.2) is 58.2 Å². The van der Waals surface area contributed by atoms with E-state index in [1.165, 1.54) is 5.57 Å². The summed E-state index contributed by atoms with van der Waals surface area (Å²) in [5.74, 6) is 0.891. The summed E-state index contributed by atoms with van der Waals surface area (Å²) in [6, 6.07) is 9.88. The van der Waals surface area contributed by atoms with E-state index in [9.17, 15) is 0 Å². The zero-order chi connectivity index (χ0) is 16.4. The molecule has 0 bridgehead atoms. The summed E-state index contributed by atoms with van der Waals surface area (Å²) in [6.45, 7) is 9.98. The van der Waals surface area contributed by atoms with Crippen molar-refractivity contribution in [3.63, 3.8) is 0 Å². The van der Waals surface area contributed by atoms with Gasteiger partial charge >= 0.3 is 0 Å². The van der Waals surface area contributed by atoms with E-state index in [0.717, 1.165) is 30.0 Å². The third kappa shape index (κ3) is 6.61. The summed E-state index contributed by atoms with van der Waals surface area (Å²) < 4.78 is 5.78. The fourth-order valence-corrected chi connectivity index (χ4v) is 1.68. The number of para-hydroxylation sites is 1. The molecule has 0 aliphatic carbocycles. The largest absolute Gasteiger partial charge is 0.489 e. The van der Waals surface area contributed by atoms with Crippen LogP contribution < -0.4 is 4.74 Å². The van der Waals surface area contributed by atoms with Crippen LogP contribution in [-0.4, -0.2) is 31.4 Å². The highest BCUT2D eigenvalue weighted by molar-refractivity contribution is 5.57. The van der Waals surface area contributed by atoms with Gasteiger partial charge in [-0.15, -0.1) is 0 Å². The molecule has 0 atom stereocenters. The number of benzene rings is 1. The van der Waals surface area contributed by atoms with Crippen LogP contribution in [0.25, 0.3) is 0 Å². The quantitative estimate of drug-likeness (QED) is 0.396. The third-order valence-electron chi connectivity index (χ3n) is 3.45. The number of nitrogens with zero attached hydrogens (tertiary/aromatic N) is 2. The number of rotatable bonds is 8. The Morgan fingerprint density at radius 1 is 1.18 bits per heavy atom. The standard InChI is InChI=1S/C19H28N2O/c1-6-17(4)19(20-15-21(5)7-2)13-16(3)14-22-18-11-9-8-10-12-18/h8-13,15H,6-7,14H2,1-5H3/b16-13-,19-17+,20-15+. The first-order chi connectivity index (χ1) is 10.6. The summed E-state index contributed by atoms with van der Waals surface area (Å²) in [5.41, 5.74) is 3.46. The van der Waals surface area contributed by atoms with E-state index in [1.807, 2.05) is 43.7 Å². The lowest BCUT2D eigenvalue weighted by Crippen LogP contribution is -2.14. The highest BCUT2D eigenvalue weighted by Crippen LogP contribution is 2.15. The normalized spacial score (nSPS) is 13.2. The van der Waals surface area contributed by atoms with Crippen molar-refractivity contribution in [3.05, 3.63) is 53.3 Å². The molecule has 1 rings (SSSR count). The van der Waals surface area contributed by atoms with Crippen LogP contribution >= 0.6 is 0 Å². The molecule has 0 saturated heterocycles. The van der Waals surface area contributed by atoms with Crippen molar-refractivity contribution >= 4 is 6.34 Å². The number of hydrogen-bond donors (Lipinski definition) is 0. The molecule has 0 amide bonds. The van der Waals surface area contributed by atoms with Gasteiger partial charge in [0.05, 0.1) is 12.0 Å². The molecule has 0 heterocycles. The van der Waals surface area contributed by atoms with Gasteiger partial charge in [-0.3, -0.25) is 0 Å². The Balaban J connectivity index is 2.76. The monoisotopic (exact) mass is 300 g/mol. The van der Waals surface area contributed by atoms with Gasteiger partial charge in [0.15, 0.2) is 0 Å². The fraction of sp³-hybridized carbons (Fsp3) is 0.421. The van der Waals surface area contributed by atoms with Crippen molar-refractivity contribution in [2.24, 2.45) is 4.99 Å². The lowest BCUT2D eigenvalue weighted by atomic mass is 10.1. The van der Waals surface area contributed by atoms with Gasteiger partial charge in [0, 0.05) is 13.6 Å². The highest BCUT2D eigenvalue weighted by atomic mass is 16.5. The highest BCUT2D eigenvalue weighted by Gasteiger charge is 2.00. The van der Waals surface area contributed by atoms with Crippen LogP contribution in [0.5, 0.6) is 5.75 Å². The van der Waals surface area contributed by atoms with Gasteiger partial charge in [0.25, 0.3) is 0 Å². The molecular formula is C19H28N2O. The molecule has 0 spiro atoms. The van der Waals surface area contributed by atoms with Crippen LogP contribution in [0.1, 0.15) is 34.1 Å².